The number of nitrogens with one attached hydrogen (secondary N) is 2. The van der Waals surface area contributed by atoms with E-state index in [2.05, 4.69) is 72.1 Å². The molecule has 5 aromatic rings. The van der Waals surface area contributed by atoms with E-state index < -0.39 is 6.23 Å². The maximum Gasteiger partial charge on any atom is 0.215 e. The third-order valence-corrected chi connectivity index (χ3v) is 8.11. The van der Waals surface area contributed by atoms with Crippen molar-refractivity contribution in [3.05, 3.63) is 161 Å². The third-order valence-electron chi connectivity index (χ3n) is 8.11. The number of allylic oxidation sites excluding steroid dienone is 3. The van der Waals surface area contributed by atoms with Crippen LogP contribution in [0.25, 0.3) is 27.2 Å². The number of hydrogen-bond acceptors (Lipinski definition) is 5. The van der Waals surface area contributed by atoms with E-state index in [-0.39, 0.29) is 11.9 Å². The van der Waals surface area contributed by atoms with E-state index in [1.54, 1.807) is 0 Å². The third kappa shape index (κ3) is 5.39. The largest absolute Gasteiger partial charge is 0.454 e. The van der Waals surface area contributed by atoms with Crippen LogP contribution in [0.3, 0.4) is 0 Å². The lowest BCUT2D eigenvalue weighted by Gasteiger charge is -2.25. The van der Waals surface area contributed by atoms with Gasteiger partial charge in [0, 0.05) is 16.8 Å². The van der Waals surface area contributed by atoms with Crippen molar-refractivity contribution in [3.63, 3.8) is 0 Å². The number of amidine groups is 1. The molecule has 5 aromatic carbocycles. The van der Waals surface area contributed by atoms with E-state index in [1.165, 1.54) is 5.57 Å². The zero-order valence-electron chi connectivity index (χ0n) is 23.7. The predicted octanol–water partition coefficient (Wildman–Crippen LogP) is 8.35. The fourth-order valence-electron chi connectivity index (χ4n) is 5.84. The molecule has 4 N–H and O–H groups in total. The van der Waals surface area contributed by atoms with Crippen molar-refractivity contribution in [2.45, 2.75) is 25.1 Å². The van der Waals surface area contributed by atoms with Gasteiger partial charge in [-0.1, -0.05) is 121 Å². The van der Waals surface area contributed by atoms with E-state index in [4.69, 9.17) is 20.9 Å². The summed E-state index contributed by atoms with van der Waals surface area (Å²) in [6.45, 7) is 0. The van der Waals surface area contributed by atoms with Gasteiger partial charge in [0.2, 0.25) is 5.90 Å². The molecule has 0 bridgehead atoms. The fraction of sp³-hybridized carbons (Fsp3) is 0.105. The standard InChI is InChI=1S/C38H32N4O/c39-36(43-37(40)33-23-29-15-7-8-16-30(29)31-17-9-10-18-32(31)33)27-21-19-26(20-22-27)35-24-34(25-11-3-1-4-12-25)41-38(42-35)28-13-5-2-6-14-28/h1-5,7-13,15-24,34,36,40H,6,14,39H2,(H,41,42). The molecule has 1 aliphatic heterocycles. The summed E-state index contributed by atoms with van der Waals surface area (Å²) in [4.78, 5) is 5.06. The maximum atomic E-state index is 8.85. The second-order valence-electron chi connectivity index (χ2n) is 10.9. The molecular weight excluding hydrogens is 528 g/mol. The molecule has 0 amide bonds. The molecule has 43 heavy (non-hydrogen) atoms. The zero-order chi connectivity index (χ0) is 29.2. The minimum atomic E-state index is -0.784. The first-order chi connectivity index (χ1) is 21.1. The van der Waals surface area contributed by atoms with Crippen molar-refractivity contribution in [2.24, 2.45) is 10.7 Å². The van der Waals surface area contributed by atoms with Crippen LogP contribution in [0.1, 0.15) is 47.4 Å². The molecule has 1 aliphatic carbocycles. The van der Waals surface area contributed by atoms with Gasteiger partial charge >= 0.3 is 0 Å². The summed E-state index contributed by atoms with van der Waals surface area (Å²) in [6.07, 6.45) is 9.79. The molecule has 2 aliphatic rings. The van der Waals surface area contributed by atoms with Crippen molar-refractivity contribution < 1.29 is 4.74 Å². The Morgan fingerprint density at radius 3 is 2.35 bits per heavy atom. The number of nitrogens with zero attached hydrogens (tertiary/aromatic N) is 1. The van der Waals surface area contributed by atoms with Crippen LogP contribution < -0.4 is 11.1 Å². The molecule has 2 unspecified atom stereocenters. The number of nitrogens with two attached hydrogens (primary N) is 1. The molecule has 5 heteroatoms. The summed E-state index contributed by atoms with van der Waals surface area (Å²) in [6, 6.07) is 36.7. The lowest BCUT2D eigenvalue weighted by molar-refractivity contribution is 0.199. The van der Waals surface area contributed by atoms with Gasteiger partial charge in [-0.3, -0.25) is 16.1 Å². The van der Waals surface area contributed by atoms with Crippen LogP contribution in [0.4, 0.5) is 0 Å². The molecule has 0 radical (unpaired) electrons. The highest BCUT2D eigenvalue weighted by Gasteiger charge is 2.21. The molecule has 2 atom stereocenters. The van der Waals surface area contributed by atoms with E-state index in [9.17, 15) is 0 Å². The van der Waals surface area contributed by atoms with Crippen molar-refractivity contribution in [1.29, 1.82) is 5.41 Å². The highest BCUT2D eigenvalue weighted by Crippen LogP contribution is 2.32. The Hall–Kier alpha value is -5.26. The molecule has 0 aromatic heterocycles. The Labute approximate surface area is 251 Å². The monoisotopic (exact) mass is 560 g/mol. The summed E-state index contributed by atoms with van der Waals surface area (Å²) < 4.78 is 6.03. The molecule has 5 nitrogen and oxygen atoms in total. The number of rotatable bonds is 6. The lowest BCUT2D eigenvalue weighted by atomic mass is 9.97. The minimum absolute atomic E-state index is 0.0524. The van der Waals surface area contributed by atoms with Gasteiger partial charge in [0.25, 0.3) is 0 Å². The van der Waals surface area contributed by atoms with Crippen molar-refractivity contribution in [1.82, 2.24) is 5.32 Å². The average molecular weight is 561 g/mol. The SMILES string of the molecule is N=C(OC(N)c1ccc(C2=CC(c3ccccc3)N=C(C3=CC=CCC3)N2)cc1)c1cc2ccccc2c2ccccc12. The minimum Gasteiger partial charge on any atom is -0.454 e. The van der Waals surface area contributed by atoms with Gasteiger partial charge in [0.1, 0.15) is 5.84 Å². The number of fused-ring (bicyclic) bond motifs is 3. The molecule has 0 fully saturated rings. The Balaban J connectivity index is 1.14. The summed E-state index contributed by atoms with van der Waals surface area (Å²) in [5.74, 6) is 0.965. The first kappa shape index (κ1) is 26.6. The average Bonchev–Trinajstić information content (AvgIpc) is 3.08. The van der Waals surface area contributed by atoms with Crippen LogP contribution in [0, 0.1) is 5.41 Å². The van der Waals surface area contributed by atoms with Gasteiger partial charge in [-0.05, 0) is 63.2 Å². The van der Waals surface area contributed by atoms with Crippen LogP contribution in [0.2, 0.25) is 0 Å². The Bertz CT molecular complexity index is 1950. The zero-order valence-corrected chi connectivity index (χ0v) is 23.7. The molecule has 0 spiro atoms. The van der Waals surface area contributed by atoms with Crippen LogP contribution in [-0.2, 0) is 4.74 Å². The van der Waals surface area contributed by atoms with Gasteiger partial charge in [0.05, 0.1) is 6.04 Å². The summed E-state index contributed by atoms with van der Waals surface area (Å²) in [5, 5.41) is 16.7. The van der Waals surface area contributed by atoms with Gasteiger partial charge < -0.3 is 10.1 Å². The summed E-state index contributed by atoms with van der Waals surface area (Å²) in [7, 11) is 0. The molecular formula is C38H32N4O. The first-order valence-corrected chi connectivity index (χ1v) is 14.6. The van der Waals surface area contributed by atoms with Crippen molar-refractivity contribution >= 4 is 39.0 Å². The molecule has 0 saturated carbocycles. The molecule has 0 saturated heterocycles. The second-order valence-corrected chi connectivity index (χ2v) is 10.9. The van der Waals surface area contributed by atoms with Gasteiger partial charge in [0.15, 0.2) is 6.23 Å². The smallest absolute Gasteiger partial charge is 0.215 e. The van der Waals surface area contributed by atoms with E-state index in [1.807, 2.05) is 66.7 Å². The second kappa shape index (κ2) is 11.6. The van der Waals surface area contributed by atoms with E-state index in [0.717, 1.165) is 68.2 Å². The van der Waals surface area contributed by atoms with Gasteiger partial charge in [-0.15, -0.1) is 0 Å². The molecule has 210 valence electrons. The fourth-order valence-corrected chi connectivity index (χ4v) is 5.84. The highest BCUT2D eigenvalue weighted by molar-refractivity contribution is 6.16. The normalized spacial score (nSPS) is 17.0. The lowest BCUT2D eigenvalue weighted by Crippen LogP contribution is -2.28. The van der Waals surface area contributed by atoms with Crippen LogP contribution in [-0.4, -0.2) is 11.7 Å². The topological polar surface area (TPSA) is 83.5 Å². The maximum absolute atomic E-state index is 8.85. The summed E-state index contributed by atoms with van der Waals surface area (Å²) >= 11 is 0. The summed E-state index contributed by atoms with van der Waals surface area (Å²) in [5.41, 5.74) is 12.4. The first-order valence-electron chi connectivity index (χ1n) is 14.6. The van der Waals surface area contributed by atoms with Crippen LogP contribution >= 0.6 is 0 Å². The molecule has 1 heterocycles. The number of benzene rings is 5. The Morgan fingerprint density at radius 1 is 0.860 bits per heavy atom. The van der Waals surface area contributed by atoms with Crippen molar-refractivity contribution in [3.8, 4) is 0 Å². The Morgan fingerprint density at radius 2 is 1.58 bits per heavy atom. The highest BCUT2D eigenvalue weighted by atomic mass is 16.5. The van der Waals surface area contributed by atoms with Gasteiger partial charge in [-0.2, -0.15) is 0 Å². The number of ether oxygens (including phenoxy) is 1. The van der Waals surface area contributed by atoms with Crippen LogP contribution in [0.5, 0.6) is 0 Å². The van der Waals surface area contributed by atoms with E-state index in [0.29, 0.717) is 0 Å². The predicted molar refractivity (Wildman–Crippen MR) is 177 cm³/mol. The van der Waals surface area contributed by atoms with Crippen LogP contribution in [0.15, 0.2) is 144 Å². The number of aliphatic imine (C=N–C) groups is 1. The number of hydrogen-bond donors (Lipinski definition) is 3. The Kier molecular flexibility index (Phi) is 7.15. The van der Waals surface area contributed by atoms with Crippen molar-refractivity contribution in [2.75, 3.05) is 0 Å². The molecule has 7 rings (SSSR count). The quantitative estimate of drug-likeness (QED) is 0.0844. The van der Waals surface area contributed by atoms with Gasteiger partial charge in [-0.25, -0.2) is 0 Å². The van der Waals surface area contributed by atoms with E-state index >= 15 is 0 Å².